The minimum Gasteiger partial charge on any atom is -0.466 e. The van der Waals surface area contributed by atoms with Gasteiger partial charge >= 0.3 is 0 Å². The number of nitrogens with zero attached hydrogens (tertiary/aromatic N) is 1. The zero-order chi connectivity index (χ0) is 16.3. The summed E-state index contributed by atoms with van der Waals surface area (Å²) in [5.74, 6) is 3.97. The maximum absolute atomic E-state index is 10.5. The second kappa shape index (κ2) is 6.95. The summed E-state index contributed by atoms with van der Waals surface area (Å²) in [6, 6.07) is 3.57. The molecule has 1 unspecified atom stereocenters. The maximum atomic E-state index is 10.5. The Morgan fingerprint density at radius 3 is 2.57 bits per heavy atom. The van der Waals surface area contributed by atoms with Crippen molar-refractivity contribution in [2.75, 3.05) is 19.6 Å². The standard InChI is InChI=1S/C18H29N3O2/c1-3-19-17(20-11-15(13-6-7-13)14-8-9-14)21-12-18(2,22)16-5-4-10-23-16/h4-5,10,13-15,22H,3,6-9,11-12H2,1-2H3,(H2,19,20,21). The van der Waals surface area contributed by atoms with E-state index in [1.165, 1.54) is 25.7 Å². The van der Waals surface area contributed by atoms with E-state index in [1.807, 2.05) is 0 Å². The summed E-state index contributed by atoms with van der Waals surface area (Å²) in [4.78, 5) is 4.56. The molecule has 0 spiro atoms. The normalized spacial score (nSPS) is 21.3. The molecule has 0 bridgehead atoms. The van der Waals surface area contributed by atoms with Crippen LogP contribution in [0.4, 0.5) is 0 Å². The van der Waals surface area contributed by atoms with Gasteiger partial charge in [-0.1, -0.05) is 0 Å². The molecule has 128 valence electrons. The lowest BCUT2D eigenvalue weighted by atomic mass is 9.98. The molecule has 1 heterocycles. The second-order valence-corrected chi connectivity index (χ2v) is 7.17. The fraction of sp³-hybridized carbons (Fsp3) is 0.722. The Hall–Kier alpha value is -1.49. The number of aliphatic imine (C=N–C) groups is 1. The van der Waals surface area contributed by atoms with Crippen LogP contribution < -0.4 is 10.6 Å². The van der Waals surface area contributed by atoms with Gasteiger partial charge in [-0.15, -0.1) is 0 Å². The van der Waals surface area contributed by atoms with Gasteiger partial charge in [0.1, 0.15) is 11.4 Å². The molecule has 0 aromatic carbocycles. The highest BCUT2D eigenvalue weighted by atomic mass is 16.4. The Morgan fingerprint density at radius 1 is 1.35 bits per heavy atom. The van der Waals surface area contributed by atoms with Gasteiger partial charge in [0, 0.05) is 13.1 Å². The fourth-order valence-corrected chi connectivity index (χ4v) is 3.22. The molecule has 5 heteroatoms. The van der Waals surface area contributed by atoms with E-state index in [4.69, 9.17) is 4.42 Å². The van der Waals surface area contributed by atoms with Gasteiger partial charge < -0.3 is 20.2 Å². The second-order valence-electron chi connectivity index (χ2n) is 7.17. The van der Waals surface area contributed by atoms with E-state index >= 15 is 0 Å². The molecule has 2 fully saturated rings. The van der Waals surface area contributed by atoms with Crippen molar-refractivity contribution in [3.05, 3.63) is 24.2 Å². The highest BCUT2D eigenvalue weighted by Gasteiger charge is 2.41. The third kappa shape index (κ3) is 4.50. The smallest absolute Gasteiger partial charge is 0.191 e. The third-order valence-corrected chi connectivity index (χ3v) is 4.90. The van der Waals surface area contributed by atoms with Crippen molar-refractivity contribution in [2.45, 2.75) is 45.1 Å². The molecule has 2 aliphatic rings. The molecule has 1 aromatic heterocycles. The van der Waals surface area contributed by atoms with E-state index in [1.54, 1.807) is 25.3 Å². The van der Waals surface area contributed by atoms with Gasteiger partial charge in [-0.3, -0.25) is 0 Å². The van der Waals surface area contributed by atoms with Crippen LogP contribution in [0.2, 0.25) is 0 Å². The van der Waals surface area contributed by atoms with Crippen LogP contribution in [0.1, 0.15) is 45.3 Å². The number of nitrogens with one attached hydrogen (secondary N) is 2. The van der Waals surface area contributed by atoms with Crippen LogP contribution in [0.5, 0.6) is 0 Å². The van der Waals surface area contributed by atoms with Gasteiger partial charge in [-0.2, -0.15) is 0 Å². The maximum Gasteiger partial charge on any atom is 0.191 e. The Bertz CT molecular complexity index is 504. The SMILES string of the molecule is CCNC(=NCC(C)(O)c1ccco1)NCC(C1CC1)C1CC1. The number of hydrogen-bond donors (Lipinski definition) is 3. The first-order valence-corrected chi connectivity index (χ1v) is 8.88. The highest BCUT2D eigenvalue weighted by molar-refractivity contribution is 5.79. The first kappa shape index (κ1) is 16.4. The van der Waals surface area contributed by atoms with Crippen molar-refractivity contribution in [1.82, 2.24) is 10.6 Å². The molecule has 2 saturated carbocycles. The number of guanidine groups is 1. The van der Waals surface area contributed by atoms with Crippen LogP contribution in [0, 0.1) is 17.8 Å². The Kier molecular flexibility index (Phi) is 4.95. The van der Waals surface area contributed by atoms with E-state index in [9.17, 15) is 5.11 Å². The molecule has 1 atom stereocenters. The van der Waals surface area contributed by atoms with Gasteiger partial charge in [-0.25, -0.2) is 4.99 Å². The van der Waals surface area contributed by atoms with Crippen LogP contribution in [0.15, 0.2) is 27.8 Å². The third-order valence-electron chi connectivity index (χ3n) is 4.90. The summed E-state index contributed by atoms with van der Waals surface area (Å²) >= 11 is 0. The largest absolute Gasteiger partial charge is 0.466 e. The van der Waals surface area contributed by atoms with Crippen molar-refractivity contribution >= 4 is 5.96 Å². The van der Waals surface area contributed by atoms with Gasteiger partial charge in [0.05, 0.1) is 12.8 Å². The molecule has 1 aromatic rings. The van der Waals surface area contributed by atoms with Crippen LogP contribution >= 0.6 is 0 Å². The summed E-state index contributed by atoms with van der Waals surface area (Å²) in [6.45, 7) is 5.86. The lowest BCUT2D eigenvalue weighted by molar-refractivity contribution is 0.0437. The van der Waals surface area contributed by atoms with E-state index in [2.05, 4.69) is 22.5 Å². The number of furan rings is 1. The van der Waals surface area contributed by atoms with Crippen molar-refractivity contribution in [3.8, 4) is 0 Å². The summed E-state index contributed by atoms with van der Waals surface area (Å²) in [5.41, 5.74) is -1.09. The summed E-state index contributed by atoms with van der Waals surface area (Å²) in [7, 11) is 0. The van der Waals surface area contributed by atoms with E-state index in [0.717, 1.165) is 36.8 Å². The predicted molar refractivity (Wildman–Crippen MR) is 91.2 cm³/mol. The van der Waals surface area contributed by atoms with Gasteiger partial charge in [-0.05, 0) is 69.4 Å². The average Bonchev–Trinajstić information content (AvgIpc) is 3.46. The van der Waals surface area contributed by atoms with Gasteiger partial charge in [0.25, 0.3) is 0 Å². The predicted octanol–water partition coefficient (Wildman–Crippen LogP) is 2.48. The first-order valence-electron chi connectivity index (χ1n) is 8.88. The number of aliphatic hydroxyl groups is 1. The van der Waals surface area contributed by atoms with Crippen molar-refractivity contribution in [2.24, 2.45) is 22.7 Å². The fourth-order valence-electron chi connectivity index (χ4n) is 3.22. The minimum absolute atomic E-state index is 0.271. The number of rotatable bonds is 8. The summed E-state index contributed by atoms with van der Waals surface area (Å²) < 4.78 is 5.31. The molecule has 0 radical (unpaired) electrons. The molecule has 0 amide bonds. The molecule has 0 saturated heterocycles. The van der Waals surface area contributed by atoms with Crippen LogP contribution in [-0.4, -0.2) is 30.7 Å². The van der Waals surface area contributed by atoms with Crippen molar-refractivity contribution in [1.29, 1.82) is 0 Å². The molecule has 5 nitrogen and oxygen atoms in total. The van der Waals surface area contributed by atoms with Gasteiger partial charge in [0.15, 0.2) is 5.96 Å². The molecule has 23 heavy (non-hydrogen) atoms. The van der Waals surface area contributed by atoms with E-state index in [0.29, 0.717) is 5.76 Å². The molecule has 3 N–H and O–H groups in total. The lowest BCUT2D eigenvalue weighted by Crippen LogP contribution is -2.41. The van der Waals surface area contributed by atoms with Crippen molar-refractivity contribution in [3.63, 3.8) is 0 Å². The Balaban J connectivity index is 1.56. The van der Waals surface area contributed by atoms with Crippen LogP contribution in [0.25, 0.3) is 0 Å². The Labute approximate surface area is 138 Å². The molecular formula is C18H29N3O2. The monoisotopic (exact) mass is 319 g/mol. The molecule has 2 aliphatic carbocycles. The van der Waals surface area contributed by atoms with E-state index in [-0.39, 0.29) is 6.54 Å². The Morgan fingerprint density at radius 2 is 2.04 bits per heavy atom. The lowest BCUT2D eigenvalue weighted by Gasteiger charge is -2.21. The zero-order valence-corrected chi connectivity index (χ0v) is 14.2. The number of hydrogen-bond acceptors (Lipinski definition) is 3. The van der Waals surface area contributed by atoms with Crippen molar-refractivity contribution < 1.29 is 9.52 Å². The van der Waals surface area contributed by atoms with Crippen LogP contribution in [0.3, 0.4) is 0 Å². The van der Waals surface area contributed by atoms with E-state index < -0.39 is 5.60 Å². The first-order chi connectivity index (χ1) is 11.1. The average molecular weight is 319 g/mol. The van der Waals surface area contributed by atoms with Gasteiger partial charge in [0.2, 0.25) is 0 Å². The summed E-state index contributed by atoms with van der Waals surface area (Å²) in [5, 5.41) is 17.3. The molecular weight excluding hydrogens is 290 g/mol. The molecule has 0 aliphatic heterocycles. The topological polar surface area (TPSA) is 69.8 Å². The zero-order valence-electron chi connectivity index (χ0n) is 14.2. The minimum atomic E-state index is -1.09. The summed E-state index contributed by atoms with van der Waals surface area (Å²) in [6.07, 6.45) is 7.15. The quantitative estimate of drug-likeness (QED) is 0.508. The highest BCUT2D eigenvalue weighted by Crippen LogP contribution is 2.48. The van der Waals surface area contributed by atoms with Crippen LogP contribution in [-0.2, 0) is 5.60 Å². The molecule has 3 rings (SSSR count).